The van der Waals surface area contributed by atoms with Gasteiger partial charge in [-0.05, 0) is 114 Å². The van der Waals surface area contributed by atoms with Gasteiger partial charge in [0.1, 0.15) is 0 Å². The molecule has 299 valence electrons. The minimum absolute atomic E-state index is 0.734. The maximum atomic E-state index is 2.50. The minimum Gasteiger partial charge on any atom is -0.309 e. The van der Waals surface area contributed by atoms with E-state index in [-0.39, 0.29) is 0 Å². The van der Waals surface area contributed by atoms with Crippen LogP contribution in [0.3, 0.4) is 0 Å². The first kappa shape index (κ1) is 36.6. The normalized spacial score (nSPS) is 12.4. The molecule has 0 aliphatic carbocycles. The van der Waals surface area contributed by atoms with Crippen LogP contribution in [0.1, 0.15) is 0 Å². The van der Waals surface area contributed by atoms with E-state index in [2.05, 4.69) is 241 Å². The van der Waals surface area contributed by atoms with Crippen molar-refractivity contribution >= 4 is 63.2 Å². The maximum absolute atomic E-state index is 2.50. The smallest absolute Gasteiger partial charge is 0.0541 e. The van der Waals surface area contributed by atoms with Gasteiger partial charge in [0.15, 0.2) is 0 Å². The van der Waals surface area contributed by atoms with Crippen LogP contribution in [0, 0.1) is 0 Å². The summed E-state index contributed by atoms with van der Waals surface area (Å²) < 4.78 is 2.50. The van der Waals surface area contributed by atoms with Crippen LogP contribution in [0.15, 0.2) is 237 Å². The van der Waals surface area contributed by atoms with Crippen LogP contribution in [0.25, 0.3) is 116 Å². The van der Waals surface area contributed by atoms with E-state index in [1.54, 1.807) is 0 Å². The van der Waals surface area contributed by atoms with Gasteiger partial charge in [-0.15, -0.1) is 9.52 Å². The van der Waals surface area contributed by atoms with Crippen molar-refractivity contribution in [3.05, 3.63) is 237 Å². The second-order valence-electron chi connectivity index (χ2n) is 17.3. The molecule has 13 rings (SSSR count). The molecule has 0 spiro atoms. The predicted molar refractivity (Wildman–Crippen MR) is 276 cm³/mol. The number of hydrogen-bond donors (Lipinski definition) is 0. The van der Waals surface area contributed by atoms with Crippen LogP contribution in [-0.2, 0) is 0 Å². The average molecular weight is 828 g/mol. The lowest BCUT2D eigenvalue weighted by Gasteiger charge is -2.14. The van der Waals surface area contributed by atoms with Crippen molar-refractivity contribution in [1.82, 2.24) is 4.57 Å². The summed E-state index contributed by atoms with van der Waals surface area (Å²) in [7, 11) is -0.734. The molecule has 0 radical (unpaired) electrons. The van der Waals surface area contributed by atoms with Crippen molar-refractivity contribution in [3.8, 4) is 72.4 Å². The Balaban J connectivity index is 0.909. The van der Waals surface area contributed by atoms with Gasteiger partial charge in [-0.3, -0.25) is 0 Å². The minimum atomic E-state index is -0.734. The van der Waals surface area contributed by atoms with E-state index >= 15 is 0 Å². The molecular weight excluding hydrogens is 787 g/mol. The molecule has 2 heterocycles. The van der Waals surface area contributed by atoms with Gasteiger partial charge in [-0.2, -0.15) is 10.4 Å². The lowest BCUT2D eigenvalue weighted by molar-refractivity contribution is 1.18. The van der Waals surface area contributed by atoms with E-state index in [1.807, 2.05) is 0 Å². The number of rotatable bonds is 6. The van der Waals surface area contributed by atoms with Crippen LogP contribution >= 0.6 is 0 Å². The first-order valence-electron chi connectivity index (χ1n) is 22.3. The summed E-state index contributed by atoms with van der Waals surface area (Å²) in [5.74, 6) is 0. The second kappa shape index (κ2) is 14.8. The molecule has 12 aromatic rings. The molecule has 0 atom stereocenters. The molecular formula is C62H41NSi-. The molecule has 0 fully saturated rings. The van der Waals surface area contributed by atoms with E-state index in [0.717, 1.165) is 0 Å². The Hall–Kier alpha value is -8.04. The molecule has 0 saturated carbocycles. The monoisotopic (exact) mass is 827 g/mol. The third kappa shape index (κ3) is 6.06. The second-order valence-corrected chi connectivity index (χ2v) is 19.1. The van der Waals surface area contributed by atoms with E-state index in [1.165, 1.54) is 126 Å². The molecule has 11 aromatic carbocycles. The highest BCUT2D eigenvalue weighted by Crippen LogP contribution is 2.40. The third-order valence-electron chi connectivity index (χ3n) is 13.6. The summed E-state index contributed by atoms with van der Waals surface area (Å²) in [5, 5.41) is 10.8. The van der Waals surface area contributed by atoms with Gasteiger partial charge in [0.2, 0.25) is 0 Å². The number of nitrogens with zero attached hydrogens (tertiary/aromatic N) is 1. The number of fused-ring (bicyclic) bond motifs is 9. The van der Waals surface area contributed by atoms with Gasteiger partial charge in [0.25, 0.3) is 0 Å². The summed E-state index contributed by atoms with van der Waals surface area (Å²) in [4.78, 5) is 0. The van der Waals surface area contributed by atoms with Crippen molar-refractivity contribution in [2.45, 2.75) is 0 Å². The van der Waals surface area contributed by atoms with E-state index in [0.29, 0.717) is 0 Å². The van der Waals surface area contributed by atoms with Gasteiger partial charge < -0.3 is 4.57 Å². The lowest BCUT2D eigenvalue weighted by atomic mass is 9.92. The highest BCUT2D eigenvalue weighted by molar-refractivity contribution is 6.73. The summed E-state index contributed by atoms with van der Waals surface area (Å²) in [5.41, 5.74) is 18.9. The molecule has 1 aliphatic heterocycles. The van der Waals surface area contributed by atoms with Crippen molar-refractivity contribution in [2.75, 3.05) is 0 Å². The van der Waals surface area contributed by atoms with Crippen molar-refractivity contribution < 1.29 is 0 Å². The third-order valence-corrected chi connectivity index (χ3v) is 15.6. The Morgan fingerprint density at radius 1 is 0.250 bits per heavy atom. The highest BCUT2D eigenvalue weighted by atomic mass is 28.2. The largest absolute Gasteiger partial charge is 0.309 e. The molecule has 0 unspecified atom stereocenters. The Bertz CT molecular complexity index is 3630. The highest BCUT2D eigenvalue weighted by Gasteiger charge is 2.19. The molecule has 0 N–H and O–H groups in total. The zero-order chi connectivity index (χ0) is 42.1. The number of benzene rings is 11. The molecule has 0 amide bonds. The van der Waals surface area contributed by atoms with E-state index in [9.17, 15) is 0 Å². The van der Waals surface area contributed by atoms with Gasteiger partial charge in [-0.1, -0.05) is 211 Å². The SMILES string of the molecule is c1ccc(-c2ccc(-c3ccc4c(c3)c3cc(-c5ccc(-c6ccccc6)cc5)ccc3n4-c3ccc4c(c3)[SiH2-]c3cc(-c5cc6ccccc6c6ccccc56)ccc3-4)cc2)cc1. The predicted octanol–water partition coefficient (Wildman–Crippen LogP) is 14.5. The fourth-order valence-electron chi connectivity index (χ4n) is 10.4. The average Bonchev–Trinajstić information content (AvgIpc) is 3.90. The zero-order valence-corrected chi connectivity index (χ0v) is 36.6. The summed E-state index contributed by atoms with van der Waals surface area (Å²) >= 11 is 0. The molecule has 2 heteroatoms. The fourth-order valence-corrected chi connectivity index (χ4v) is 12.5. The molecule has 1 nitrogen and oxygen atoms in total. The van der Waals surface area contributed by atoms with Gasteiger partial charge >= 0.3 is 0 Å². The number of hydrogen-bond acceptors (Lipinski definition) is 0. The van der Waals surface area contributed by atoms with E-state index < -0.39 is 9.52 Å². The lowest BCUT2D eigenvalue weighted by Crippen LogP contribution is -2.21. The van der Waals surface area contributed by atoms with Crippen molar-refractivity contribution in [1.29, 1.82) is 0 Å². The topological polar surface area (TPSA) is 4.93 Å². The first-order valence-corrected chi connectivity index (χ1v) is 23.7. The molecule has 0 saturated heterocycles. The van der Waals surface area contributed by atoms with Crippen LogP contribution in [0.4, 0.5) is 0 Å². The van der Waals surface area contributed by atoms with E-state index in [4.69, 9.17) is 0 Å². The number of aromatic nitrogens is 1. The Morgan fingerprint density at radius 2 is 0.688 bits per heavy atom. The van der Waals surface area contributed by atoms with Crippen molar-refractivity contribution in [2.24, 2.45) is 0 Å². The van der Waals surface area contributed by atoms with Gasteiger partial charge in [0.05, 0.1) is 11.0 Å². The summed E-state index contributed by atoms with van der Waals surface area (Å²) in [6.07, 6.45) is 0. The fraction of sp³-hybridized carbons (Fsp3) is 0. The van der Waals surface area contributed by atoms with Gasteiger partial charge in [0, 0.05) is 16.5 Å². The molecule has 1 aliphatic rings. The van der Waals surface area contributed by atoms with Crippen LogP contribution in [0.5, 0.6) is 0 Å². The van der Waals surface area contributed by atoms with Crippen LogP contribution in [-0.4, -0.2) is 14.1 Å². The Labute approximate surface area is 375 Å². The summed E-state index contributed by atoms with van der Waals surface area (Å²) in [6.45, 7) is 0. The standard InChI is InChI=1S/C62H41NSi/c1-3-11-40(12-4-1)42-19-23-44(24-20-42)46-28-33-59-57(35-46)58-36-47(45-25-21-43(22-26-45)41-13-5-2-6-14-41)29-34-60(58)63(59)50-30-32-55-54-31-27-49(38-61(54)64-62(55)39-50)56-37-48-15-7-8-16-51(48)52-17-9-10-18-53(52)56/h1-39H,64H2/q-1. The quantitative estimate of drug-likeness (QED) is 0.116. The van der Waals surface area contributed by atoms with Gasteiger partial charge in [-0.25, -0.2) is 0 Å². The summed E-state index contributed by atoms with van der Waals surface area (Å²) in [6, 6.07) is 87.9. The molecule has 1 aromatic heterocycles. The first-order chi connectivity index (χ1) is 31.7. The van der Waals surface area contributed by atoms with Crippen molar-refractivity contribution in [3.63, 3.8) is 0 Å². The molecule has 64 heavy (non-hydrogen) atoms. The Kier molecular flexibility index (Phi) is 8.47. The Morgan fingerprint density at radius 3 is 1.28 bits per heavy atom. The maximum Gasteiger partial charge on any atom is 0.0541 e. The van der Waals surface area contributed by atoms with Crippen LogP contribution in [0.2, 0.25) is 0 Å². The zero-order valence-electron chi connectivity index (χ0n) is 35.2. The molecule has 0 bridgehead atoms. The van der Waals surface area contributed by atoms with Crippen LogP contribution < -0.4 is 10.4 Å².